The molecule has 0 aliphatic carbocycles. The van der Waals surface area contributed by atoms with Gasteiger partial charge >= 0.3 is 7.12 Å². The quantitative estimate of drug-likeness (QED) is 0.767. The van der Waals surface area contributed by atoms with Gasteiger partial charge in [-0.25, -0.2) is 4.39 Å². The summed E-state index contributed by atoms with van der Waals surface area (Å²) in [5.41, 5.74) is 1.80. The van der Waals surface area contributed by atoms with Crippen LogP contribution in [0.4, 0.5) is 4.39 Å². The molecule has 17 heavy (non-hydrogen) atoms. The first-order valence-corrected chi connectivity index (χ1v) is 5.32. The van der Waals surface area contributed by atoms with E-state index >= 15 is 0 Å². The molecule has 0 bridgehead atoms. The highest BCUT2D eigenvalue weighted by Crippen LogP contribution is 2.25. The van der Waals surface area contributed by atoms with Crippen molar-refractivity contribution < 1.29 is 14.4 Å². The summed E-state index contributed by atoms with van der Waals surface area (Å²) in [6.45, 7) is 1.79. The van der Waals surface area contributed by atoms with Crippen molar-refractivity contribution in [3.05, 3.63) is 53.8 Å². The predicted octanol–water partition coefficient (Wildman–Crippen LogP) is 1.48. The fraction of sp³-hybridized carbons (Fsp3) is 0.0769. The maximum atomic E-state index is 14.1. The van der Waals surface area contributed by atoms with E-state index in [1.807, 2.05) is 18.2 Å². The smallest absolute Gasteiger partial charge is 0.423 e. The van der Waals surface area contributed by atoms with Crippen LogP contribution < -0.4 is 5.46 Å². The fourth-order valence-corrected chi connectivity index (χ4v) is 1.85. The summed E-state index contributed by atoms with van der Waals surface area (Å²) < 4.78 is 14.1. The number of hydrogen-bond donors (Lipinski definition) is 2. The van der Waals surface area contributed by atoms with Gasteiger partial charge in [-0.2, -0.15) is 0 Å². The fourth-order valence-electron chi connectivity index (χ4n) is 1.85. The van der Waals surface area contributed by atoms with Gasteiger partial charge in [0.2, 0.25) is 0 Å². The highest BCUT2D eigenvalue weighted by Gasteiger charge is 2.20. The Labute approximate surface area is 99.5 Å². The van der Waals surface area contributed by atoms with Gasteiger partial charge < -0.3 is 10.0 Å². The predicted molar refractivity (Wildman–Crippen MR) is 66.4 cm³/mol. The summed E-state index contributed by atoms with van der Waals surface area (Å²) in [6.07, 6.45) is 0. The van der Waals surface area contributed by atoms with Gasteiger partial charge in [-0.05, 0) is 18.1 Å². The van der Waals surface area contributed by atoms with Crippen LogP contribution in [0.3, 0.4) is 0 Å². The second-order valence-electron chi connectivity index (χ2n) is 3.90. The van der Waals surface area contributed by atoms with Gasteiger partial charge in [0.05, 0.1) is 0 Å². The zero-order valence-electron chi connectivity index (χ0n) is 9.39. The minimum atomic E-state index is -1.79. The monoisotopic (exact) mass is 230 g/mol. The normalized spacial score (nSPS) is 10.4. The Hall–Kier alpha value is -1.65. The lowest BCUT2D eigenvalue weighted by atomic mass is 9.77. The molecule has 0 saturated heterocycles. The number of aryl methyl sites for hydroxylation is 1. The molecule has 4 heteroatoms. The molecule has 2 N–H and O–H groups in total. The molecule has 0 amide bonds. The summed E-state index contributed by atoms with van der Waals surface area (Å²) in [5.74, 6) is -0.578. The lowest BCUT2D eigenvalue weighted by Crippen LogP contribution is -2.33. The third-order valence-corrected chi connectivity index (χ3v) is 2.72. The SMILES string of the molecule is Cc1ccc(B(O)O)c(F)c1-c1ccccc1. The highest BCUT2D eigenvalue weighted by molar-refractivity contribution is 6.58. The molecule has 0 aliphatic heterocycles. The van der Waals surface area contributed by atoms with E-state index < -0.39 is 12.9 Å². The Bertz CT molecular complexity index is 526. The maximum absolute atomic E-state index is 14.1. The lowest BCUT2D eigenvalue weighted by molar-refractivity contribution is 0.423. The van der Waals surface area contributed by atoms with Crippen LogP contribution in [-0.2, 0) is 0 Å². The third-order valence-electron chi connectivity index (χ3n) is 2.72. The van der Waals surface area contributed by atoms with Gasteiger partial charge in [0.1, 0.15) is 5.82 Å². The van der Waals surface area contributed by atoms with Crippen molar-refractivity contribution in [2.45, 2.75) is 6.92 Å². The molecule has 0 radical (unpaired) electrons. The summed E-state index contributed by atoms with van der Waals surface area (Å²) >= 11 is 0. The van der Waals surface area contributed by atoms with E-state index in [1.165, 1.54) is 6.07 Å². The Morgan fingerprint density at radius 1 is 1.00 bits per heavy atom. The van der Waals surface area contributed by atoms with Gasteiger partial charge in [-0.15, -0.1) is 0 Å². The van der Waals surface area contributed by atoms with Crippen molar-refractivity contribution in [1.82, 2.24) is 0 Å². The Kier molecular flexibility index (Phi) is 3.27. The van der Waals surface area contributed by atoms with E-state index in [9.17, 15) is 4.39 Å². The third kappa shape index (κ3) is 2.23. The summed E-state index contributed by atoms with van der Waals surface area (Å²) in [4.78, 5) is 0. The number of rotatable bonds is 2. The van der Waals surface area contributed by atoms with Crippen molar-refractivity contribution in [2.24, 2.45) is 0 Å². The lowest BCUT2D eigenvalue weighted by Gasteiger charge is -2.11. The summed E-state index contributed by atoms with van der Waals surface area (Å²) in [6, 6.07) is 12.1. The molecule has 2 rings (SSSR count). The number of halogens is 1. The Morgan fingerprint density at radius 2 is 1.65 bits per heavy atom. The second kappa shape index (κ2) is 4.69. The van der Waals surface area contributed by atoms with Crippen molar-refractivity contribution in [3.8, 4) is 11.1 Å². The minimum Gasteiger partial charge on any atom is -0.423 e. The molecule has 0 atom stereocenters. The van der Waals surface area contributed by atoms with E-state index in [0.29, 0.717) is 5.56 Å². The average Bonchev–Trinajstić information content (AvgIpc) is 2.30. The zero-order valence-corrected chi connectivity index (χ0v) is 9.39. The molecule has 2 nitrogen and oxygen atoms in total. The number of hydrogen-bond acceptors (Lipinski definition) is 2. The second-order valence-corrected chi connectivity index (χ2v) is 3.90. The molecule has 2 aromatic carbocycles. The van der Waals surface area contributed by atoms with Crippen molar-refractivity contribution >= 4 is 12.6 Å². The van der Waals surface area contributed by atoms with Gasteiger partial charge in [0.25, 0.3) is 0 Å². The summed E-state index contributed by atoms with van der Waals surface area (Å²) in [7, 11) is -1.79. The van der Waals surface area contributed by atoms with E-state index in [0.717, 1.165) is 11.1 Å². The van der Waals surface area contributed by atoms with Gasteiger partial charge in [-0.1, -0.05) is 42.5 Å². The molecule has 0 saturated carbocycles. The largest absolute Gasteiger partial charge is 0.491 e. The topological polar surface area (TPSA) is 40.5 Å². The van der Waals surface area contributed by atoms with Crippen LogP contribution in [0.15, 0.2) is 42.5 Å². The van der Waals surface area contributed by atoms with Crippen LogP contribution >= 0.6 is 0 Å². The first-order chi connectivity index (χ1) is 8.11. The van der Waals surface area contributed by atoms with Gasteiger partial charge in [-0.3, -0.25) is 0 Å². The molecule has 0 aliphatic rings. The molecule has 0 spiro atoms. The molecule has 0 fully saturated rings. The van der Waals surface area contributed by atoms with Crippen molar-refractivity contribution in [3.63, 3.8) is 0 Å². The Balaban J connectivity index is 2.65. The van der Waals surface area contributed by atoms with Crippen LogP contribution in [0.1, 0.15) is 5.56 Å². The average molecular weight is 230 g/mol. The molecular formula is C13H12BFO2. The standard InChI is InChI=1S/C13H12BFO2/c1-9-7-8-11(14(16)17)13(15)12(9)10-5-3-2-4-6-10/h2-8,16-17H,1H3. The zero-order chi connectivity index (χ0) is 12.4. The van der Waals surface area contributed by atoms with Crippen LogP contribution in [0.25, 0.3) is 11.1 Å². The van der Waals surface area contributed by atoms with E-state index in [4.69, 9.17) is 10.0 Å². The minimum absolute atomic E-state index is 0.102. The molecular weight excluding hydrogens is 218 g/mol. The van der Waals surface area contributed by atoms with Crippen LogP contribution in [0.5, 0.6) is 0 Å². The number of benzene rings is 2. The first-order valence-electron chi connectivity index (χ1n) is 5.32. The molecule has 0 aromatic heterocycles. The molecule has 0 heterocycles. The molecule has 0 unspecified atom stereocenters. The van der Waals surface area contributed by atoms with Crippen LogP contribution in [0.2, 0.25) is 0 Å². The Morgan fingerprint density at radius 3 is 2.24 bits per heavy atom. The van der Waals surface area contributed by atoms with Crippen molar-refractivity contribution in [2.75, 3.05) is 0 Å². The maximum Gasteiger partial charge on any atom is 0.491 e. The summed E-state index contributed by atoms with van der Waals surface area (Å²) in [5, 5.41) is 18.2. The van der Waals surface area contributed by atoms with E-state index in [-0.39, 0.29) is 5.46 Å². The molecule has 86 valence electrons. The highest BCUT2D eigenvalue weighted by atomic mass is 19.1. The van der Waals surface area contributed by atoms with E-state index in [1.54, 1.807) is 25.1 Å². The first kappa shape index (κ1) is 11.8. The van der Waals surface area contributed by atoms with Crippen LogP contribution in [-0.4, -0.2) is 17.2 Å². The van der Waals surface area contributed by atoms with Crippen molar-refractivity contribution in [1.29, 1.82) is 0 Å². The molecule has 2 aromatic rings. The van der Waals surface area contributed by atoms with E-state index in [2.05, 4.69) is 0 Å². The van der Waals surface area contributed by atoms with Gasteiger partial charge in [0.15, 0.2) is 0 Å². The van der Waals surface area contributed by atoms with Crippen LogP contribution in [0, 0.1) is 12.7 Å². The van der Waals surface area contributed by atoms with Gasteiger partial charge in [0, 0.05) is 11.0 Å².